The molecule has 0 radical (unpaired) electrons. The normalized spacial score (nSPS) is 12.3. The first-order valence-electron chi connectivity index (χ1n) is 15.7. The number of carbonyl (C=O) groups is 1. The number of benzene rings is 1. The van der Waals surface area contributed by atoms with Crippen LogP contribution < -0.4 is 0 Å². The summed E-state index contributed by atoms with van der Waals surface area (Å²) in [6.45, 7) is 6.37. The van der Waals surface area contributed by atoms with E-state index in [1.807, 2.05) is 18.2 Å². The lowest BCUT2D eigenvalue weighted by Gasteiger charge is -2.29. The Morgan fingerprint density at radius 2 is 0.972 bits per heavy atom. The van der Waals surface area contributed by atoms with Crippen LogP contribution in [0.1, 0.15) is 148 Å². The highest BCUT2D eigenvalue weighted by atomic mass is 16.4. The van der Waals surface area contributed by atoms with Crippen LogP contribution in [0, 0.1) is 0 Å². The topological polar surface area (TPSA) is 40.5 Å². The Bertz CT molecular complexity index is 579. The average Bonchev–Trinajstić information content (AvgIpc) is 2.89. The maximum Gasteiger partial charge on any atom is 0.321 e. The zero-order valence-electron chi connectivity index (χ0n) is 24.0. The molecule has 1 rings (SSSR count). The summed E-state index contributed by atoms with van der Waals surface area (Å²) in [7, 11) is 0. The van der Waals surface area contributed by atoms with Crippen LogP contribution in [-0.2, 0) is 11.2 Å². The van der Waals surface area contributed by atoms with Gasteiger partial charge in [-0.3, -0.25) is 9.69 Å². The number of unbranched alkanes of at least 4 members (excludes halogenated alkanes) is 18. The van der Waals surface area contributed by atoms with E-state index in [1.165, 1.54) is 116 Å². The lowest BCUT2D eigenvalue weighted by atomic mass is 10.0. The zero-order chi connectivity index (χ0) is 26.1. The van der Waals surface area contributed by atoms with Crippen molar-refractivity contribution in [2.24, 2.45) is 0 Å². The van der Waals surface area contributed by atoms with Crippen LogP contribution in [0.3, 0.4) is 0 Å². The van der Waals surface area contributed by atoms with Crippen LogP contribution in [0.2, 0.25) is 0 Å². The molecule has 208 valence electrons. The van der Waals surface area contributed by atoms with E-state index in [2.05, 4.69) is 30.9 Å². The lowest BCUT2D eigenvalue weighted by molar-refractivity contribution is -0.143. The van der Waals surface area contributed by atoms with Gasteiger partial charge >= 0.3 is 5.97 Å². The molecule has 1 N–H and O–H groups in total. The molecule has 0 amide bonds. The van der Waals surface area contributed by atoms with Crippen LogP contribution in [0.5, 0.6) is 0 Å². The summed E-state index contributed by atoms with van der Waals surface area (Å²) in [5, 5.41) is 10.1. The third kappa shape index (κ3) is 18.0. The molecule has 0 saturated heterocycles. The summed E-state index contributed by atoms with van der Waals surface area (Å²) in [4.78, 5) is 14.6. The van der Waals surface area contributed by atoms with E-state index in [0.29, 0.717) is 6.42 Å². The van der Waals surface area contributed by atoms with E-state index in [0.717, 1.165) is 31.5 Å². The van der Waals surface area contributed by atoms with Gasteiger partial charge in [0.25, 0.3) is 0 Å². The molecule has 0 spiro atoms. The Labute approximate surface area is 224 Å². The standard InChI is InChI=1S/C33H59NO2/c1-3-5-7-9-11-13-15-17-19-24-28-34(29-25-20-18-16-14-12-10-8-6-4-2)32(33(35)36)30-31-26-22-21-23-27-31/h21-23,26-27,32H,3-20,24-25,28-30H2,1-2H3,(H,35,36). The maximum atomic E-state index is 12.3. The fourth-order valence-electron chi connectivity index (χ4n) is 5.24. The number of rotatable bonds is 26. The van der Waals surface area contributed by atoms with Gasteiger partial charge in [-0.25, -0.2) is 0 Å². The van der Waals surface area contributed by atoms with Gasteiger partial charge in [-0.05, 0) is 37.9 Å². The second kappa shape index (κ2) is 24.0. The number of hydrogen-bond donors (Lipinski definition) is 1. The maximum absolute atomic E-state index is 12.3. The number of nitrogens with zero attached hydrogens (tertiary/aromatic N) is 1. The first kappa shape index (κ1) is 32.7. The second-order valence-electron chi connectivity index (χ2n) is 10.9. The van der Waals surface area contributed by atoms with Crippen molar-refractivity contribution in [1.29, 1.82) is 0 Å². The molecule has 0 heterocycles. The molecule has 0 aliphatic heterocycles. The van der Waals surface area contributed by atoms with Gasteiger partial charge < -0.3 is 5.11 Å². The van der Waals surface area contributed by atoms with Crippen molar-refractivity contribution in [3.63, 3.8) is 0 Å². The van der Waals surface area contributed by atoms with Gasteiger partial charge in [-0.2, -0.15) is 0 Å². The first-order valence-corrected chi connectivity index (χ1v) is 15.7. The minimum Gasteiger partial charge on any atom is -0.480 e. The predicted octanol–water partition coefficient (Wildman–Crippen LogP) is 9.83. The van der Waals surface area contributed by atoms with Crippen molar-refractivity contribution < 1.29 is 9.90 Å². The first-order chi connectivity index (χ1) is 17.7. The fourth-order valence-corrected chi connectivity index (χ4v) is 5.24. The van der Waals surface area contributed by atoms with Crippen LogP contribution in [0.25, 0.3) is 0 Å². The Kier molecular flexibility index (Phi) is 21.8. The van der Waals surface area contributed by atoms with Gasteiger partial charge in [0.2, 0.25) is 0 Å². The van der Waals surface area contributed by atoms with Gasteiger partial charge in [0.05, 0.1) is 0 Å². The van der Waals surface area contributed by atoms with Crippen LogP contribution in [-0.4, -0.2) is 35.1 Å². The van der Waals surface area contributed by atoms with Crippen LogP contribution in [0.15, 0.2) is 30.3 Å². The van der Waals surface area contributed by atoms with Crippen molar-refractivity contribution in [2.45, 2.75) is 155 Å². The third-order valence-corrected chi connectivity index (χ3v) is 7.60. The summed E-state index contributed by atoms with van der Waals surface area (Å²) in [6.07, 6.45) is 26.9. The summed E-state index contributed by atoms with van der Waals surface area (Å²) in [5.74, 6) is -0.669. The lowest BCUT2D eigenvalue weighted by Crippen LogP contribution is -2.43. The largest absolute Gasteiger partial charge is 0.480 e. The van der Waals surface area contributed by atoms with E-state index in [9.17, 15) is 9.90 Å². The van der Waals surface area contributed by atoms with E-state index in [4.69, 9.17) is 0 Å². The van der Waals surface area contributed by atoms with Crippen molar-refractivity contribution in [2.75, 3.05) is 13.1 Å². The molecule has 1 atom stereocenters. The average molecular weight is 502 g/mol. The Morgan fingerprint density at radius 1 is 0.611 bits per heavy atom. The Morgan fingerprint density at radius 3 is 1.33 bits per heavy atom. The van der Waals surface area contributed by atoms with Gasteiger partial charge in [0, 0.05) is 0 Å². The van der Waals surface area contributed by atoms with E-state index >= 15 is 0 Å². The minimum absolute atomic E-state index is 0.412. The molecule has 36 heavy (non-hydrogen) atoms. The molecular weight excluding hydrogens is 442 g/mol. The zero-order valence-corrected chi connectivity index (χ0v) is 24.0. The predicted molar refractivity (Wildman–Crippen MR) is 157 cm³/mol. The van der Waals surface area contributed by atoms with Crippen molar-refractivity contribution in [3.05, 3.63) is 35.9 Å². The highest BCUT2D eigenvalue weighted by molar-refractivity contribution is 5.74. The Hall–Kier alpha value is -1.35. The molecule has 0 aromatic heterocycles. The molecule has 0 aliphatic rings. The van der Waals surface area contributed by atoms with Crippen molar-refractivity contribution >= 4 is 5.97 Å². The van der Waals surface area contributed by atoms with E-state index in [1.54, 1.807) is 0 Å². The molecular formula is C33H59NO2. The molecule has 0 aliphatic carbocycles. The smallest absolute Gasteiger partial charge is 0.321 e. The molecule has 0 saturated carbocycles. The van der Waals surface area contributed by atoms with Crippen LogP contribution in [0.4, 0.5) is 0 Å². The summed E-state index contributed by atoms with van der Waals surface area (Å²) >= 11 is 0. The summed E-state index contributed by atoms with van der Waals surface area (Å²) in [6, 6.07) is 9.76. The number of hydrogen-bond acceptors (Lipinski definition) is 2. The highest BCUT2D eigenvalue weighted by Crippen LogP contribution is 2.16. The minimum atomic E-state index is -0.669. The van der Waals surface area contributed by atoms with Crippen molar-refractivity contribution in [1.82, 2.24) is 4.90 Å². The van der Waals surface area contributed by atoms with E-state index in [-0.39, 0.29) is 0 Å². The Balaban J connectivity index is 2.38. The van der Waals surface area contributed by atoms with Gasteiger partial charge in [0.1, 0.15) is 6.04 Å². The molecule has 1 aromatic carbocycles. The van der Waals surface area contributed by atoms with Crippen LogP contribution >= 0.6 is 0 Å². The number of aliphatic carboxylic acids is 1. The molecule has 3 nitrogen and oxygen atoms in total. The van der Waals surface area contributed by atoms with Gasteiger partial charge in [-0.15, -0.1) is 0 Å². The van der Waals surface area contributed by atoms with Crippen molar-refractivity contribution in [3.8, 4) is 0 Å². The van der Waals surface area contributed by atoms with Gasteiger partial charge in [-0.1, -0.05) is 160 Å². The molecule has 0 fully saturated rings. The quantitative estimate of drug-likeness (QED) is 0.128. The molecule has 1 aromatic rings. The summed E-state index contributed by atoms with van der Waals surface area (Å²) in [5.41, 5.74) is 1.13. The summed E-state index contributed by atoms with van der Waals surface area (Å²) < 4.78 is 0. The second-order valence-corrected chi connectivity index (χ2v) is 10.9. The molecule has 0 bridgehead atoms. The SMILES string of the molecule is CCCCCCCCCCCCN(CCCCCCCCCCCC)C(Cc1ccccc1)C(=O)O. The third-order valence-electron chi connectivity index (χ3n) is 7.60. The molecule has 1 unspecified atom stereocenters. The monoisotopic (exact) mass is 501 g/mol. The number of carboxylic acid groups (broad SMARTS) is 1. The van der Waals surface area contributed by atoms with E-state index < -0.39 is 12.0 Å². The number of carboxylic acids is 1. The molecule has 3 heteroatoms. The fraction of sp³-hybridized carbons (Fsp3) is 0.788. The van der Waals surface area contributed by atoms with Gasteiger partial charge in [0.15, 0.2) is 0 Å². The highest BCUT2D eigenvalue weighted by Gasteiger charge is 2.25.